The number of sulfonamides is 2. The van der Waals surface area contributed by atoms with E-state index in [9.17, 15) is 69.6 Å². The van der Waals surface area contributed by atoms with Gasteiger partial charge in [-0.3, -0.25) is 4.79 Å². The highest BCUT2D eigenvalue weighted by Gasteiger charge is 2.81. The molecule has 0 radical (unpaired) electrons. The lowest BCUT2D eigenvalue weighted by atomic mass is 9.90. The predicted octanol–water partition coefficient (Wildman–Crippen LogP) is 21.2. The largest absolute Gasteiger partial charge is 0.508 e. The molecule has 0 spiro atoms. The molecular weight excluding hydrogens is 1290 g/mol. The van der Waals surface area contributed by atoms with E-state index in [1.165, 1.54) is 25.8 Å². The zero-order chi connectivity index (χ0) is 64.5. The quantitative estimate of drug-likeness (QED) is 0.0335. The molecule has 3 unspecified atom stereocenters. The Hall–Kier alpha value is -6.86. The van der Waals surface area contributed by atoms with Crippen LogP contribution in [-0.4, -0.2) is 58.3 Å². The number of carbonyl (C=O) groups excluding carboxylic acids is 1. The van der Waals surface area contributed by atoms with Crippen molar-refractivity contribution < 1.29 is 83.6 Å². The zero-order valence-corrected chi connectivity index (χ0v) is 51.2. The molecule has 7 rings (SSSR count). The van der Waals surface area contributed by atoms with Gasteiger partial charge in [0.1, 0.15) is 17.6 Å². The van der Waals surface area contributed by atoms with E-state index >= 15 is 0 Å². The number of benzene rings is 7. The van der Waals surface area contributed by atoms with Crippen LogP contribution in [0.5, 0.6) is 11.5 Å². The number of halogens is 9. The number of ether oxygens (including phenoxy) is 1. The fourth-order valence-corrected chi connectivity index (χ4v) is 12.5. The minimum atomic E-state index is -7.96. The SMILES string of the molecule is C.C.C.C.C.C.CCC(C)(C)C(=O)OC(C)c1ccc(-c2ccccc2)cc1.CCC(C)c1ccc(O)cc1.CCC(C)c1ccc(OS(=O)(=O)C(F)(F)C(F)(F)C(F)(F)S(=O)(=O)[N-]S(=O)(=O)C(F)(F)F)cc1.c1ccc([S+](c2ccccc2)c2ccccc2)cc1. The van der Waals surface area contributed by atoms with E-state index in [0.717, 1.165) is 36.1 Å². The summed E-state index contributed by atoms with van der Waals surface area (Å²) in [6.45, 7) is 15.5. The summed E-state index contributed by atoms with van der Waals surface area (Å²) < 4.78 is 197. The van der Waals surface area contributed by atoms with Crippen molar-refractivity contribution in [3.8, 4) is 22.6 Å². The summed E-state index contributed by atoms with van der Waals surface area (Å²) in [5.74, 6) is -8.02. The summed E-state index contributed by atoms with van der Waals surface area (Å²) in [7, 11) is -22.6. The molecular formula is C68H90F9NO10S4. The van der Waals surface area contributed by atoms with Crippen LogP contribution in [0.1, 0.15) is 154 Å². The van der Waals surface area contributed by atoms with Crippen LogP contribution in [0.15, 0.2) is 209 Å². The van der Waals surface area contributed by atoms with Crippen molar-refractivity contribution in [1.82, 2.24) is 0 Å². The summed E-state index contributed by atoms with van der Waals surface area (Å²) in [5.41, 5.74) is -1.98. The molecule has 0 saturated carbocycles. The third-order valence-corrected chi connectivity index (χ3v) is 19.9. The Bertz CT molecular complexity index is 3480. The first-order valence-electron chi connectivity index (χ1n) is 26.5. The van der Waals surface area contributed by atoms with Gasteiger partial charge in [-0.25, -0.2) is 16.8 Å². The van der Waals surface area contributed by atoms with E-state index in [4.69, 9.17) is 9.84 Å². The molecule has 0 aliphatic carbocycles. The number of nitrogens with zero attached hydrogens (tertiary/aromatic N) is 1. The molecule has 7 aromatic rings. The lowest BCUT2D eigenvalue weighted by Gasteiger charge is -2.35. The molecule has 0 aliphatic rings. The average molecular weight is 1380 g/mol. The van der Waals surface area contributed by atoms with Gasteiger partial charge >= 0.3 is 38.0 Å². The van der Waals surface area contributed by atoms with Gasteiger partial charge in [0.05, 0.1) is 16.3 Å². The second-order valence-electron chi connectivity index (χ2n) is 19.9. The Kier molecular flexibility index (Phi) is 36.6. The molecule has 24 heteroatoms. The van der Waals surface area contributed by atoms with Crippen molar-refractivity contribution >= 4 is 47.0 Å². The first kappa shape index (κ1) is 89.3. The summed E-state index contributed by atoms with van der Waals surface area (Å²) in [5, 5.41) is -5.58. The maximum Gasteiger partial charge on any atom is 0.480 e. The average Bonchev–Trinajstić information content (AvgIpc) is 0.721. The lowest BCUT2D eigenvalue weighted by molar-refractivity contribution is -0.245. The first-order valence-corrected chi connectivity index (χ1v) is 32.0. The number of rotatable bonds is 20. The fraction of sp³-hybridized carbons (Fsp3) is 0.368. The van der Waals surface area contributed by atoms with Crippen LogP contribution >= 0.6 is 0 Å². The van der Waals surface area contributed by atoms with Crippen LogP contribution in [0, 0.1) is 5.41 Å². The topological polar surface area (TPSA) is 172 Å². The van der Waals surface area contributed by atoms with E-state index in [0.29, 0.717) is 39.9 Å². The summed E-state index contributed by atoms with van der Waals surface area (Å²) >= 11 is 0. The Balaban J connectivity index is -0.00000119. The molecule has 0 amide bonds. The third-order valence-electron chi connectivity index (χ3n) is 13.3. The van der Waals surface area contributed by atoms with Crippen molar-refractivity contribution in [3.05, 3.63) is 215 Å². The number of carbonyl (C=O) groups is 1. The first-order chi connectivity index (χ1) is 40.0. The molecule has 0 saturated heterocycles. The Morgan fingerprint density at radius 1 is 0.478 bits per heavy atom. The minimum absolute atomic E-state index is 0. The minimum Gasteiger partial charge on any atom is -0.508 e. The van der Waals surface area contributed by atoms with Crippen molar-refractivity contribution in [2.45, 2.75) is 174 Å². The van der Waals surface area contributed by atoms with Gasteiger partial charge in [-0.15, -0.1) is 0 Å². The fourth-order valence-electron chi connectivity index (χ4n) is 7.20. The van der Waals surface area contributed by atoms with Gasteiger partial charge in [0, 0.05) is 0 Å². The molecule has 514 valence electrons. The van der Waals surface area contributed by atoms with Gasteiger partial charge in [-0.1, -0.05) is 213 Å². The number of esters is 1. The molecule has 0 bridgehead atoms. The van der Waals surface area contributed by atoms with Crippen molar-refractivity contribution in [2.75, 3.05) is 0 Å². The van der Waals surface area contributed by atoms with Crippen LogP contribution in [0.4, 0.5) is 39.5 Å². The number of aromatic hydroxyl groups is 1. The van der Waals surface area contributed by atoms with E-state index in [2.05, 4.69) is 133 Å². The van der Waals surface area contributed by atoms with Crippen LogP contribution in [0.3, 0.4) is 0 Å². The molecule has 0 aromatic heterocycles. The molecule has 0 heterocycles. The highest BCUT2D eigenvalue weighted by Crippen LogP contribution is 2.53. The molecule has 7 aromatic carbocycles. The summed E-state index contributed by atoms with van der Waals surface area (Å²) in [6, 6.07) is 61.6. The second-order valence-corrected chi connectivity index (χ2v) is 27.0. The Morgan fingerprint density at radius 2 is 0.815 bits per heavy atom. The van der Waals surface area contributed by atoms with Crippen LogP contribution in [-0.2, 0) is 50.6 Å². The number of phenols is 1. The molecule has 92 heavy (non-hydrogen) atoms. The van der Waals surface area contributed by atoms with Gasteiger partial charge in [0.25, 0.3) is 0 Å². The van der Waals surface area contributed by atoms with Crippen molar-refractivity contribution in [1.29, 1.82) is 0 Å². The smallest absolute Gasteiger partial charge is 0.480 e. The van der Waals surface area contributed by atoms with E-state index < -0.39 is 63.3 Å². The number of phenolic OH excluding ortho intramolecular Hbond substituents is 1. The van der Waals surface area contributed by atoms with Crippen LogP contribution < -0.4 is 4.18 Å². The van der Waals surface area contributed by atoms with Gasteiger partial charge in [-0.05, 0) is 140 Å². The van der Waals surface area contributed by atoms with Gasteiger partial charge in [-0.2, -0.15) is 47.9 Å². The third kappa shape index (κ3) is 23.0. The summed E-state index contributed by atoms with van der Waals surface area (Å²) in [4.78, 5) is 16.2. The van der Waals surface area contributed by atoms with E-state index in [1.54, 1.807) is 26.0 Å². The molecule has 3 atom stereocenters. The number of hydrogen-bond donors (Lipinski definition) is 1. The summed E-state index contributed by atoms with van der Waals surface area (Å²) in [6.07, 6.45) is 2.24. The monoisotopic (exact) mass is 1380 g/mol. The Morgan fingerprint density at radius 3 is 1.16 bits per heavy atom. The lowest BCUT2D eigenvalue weighted by Crippen LogP contribution is -2.61. The zero-order valence-electron chi connectivity index (χ0n) is 47.9. The van der Waals surface area contributed by atoms with Crippen LogP contribution in [0.2, 0.25) is 0 Å². The van der Waals surface area contributed by atoms with Crippen molar-refractivity contribution in [2.24, 2.45) is 5.41 Å². The maximum absolute atomic E-state index is 14.0. The standard InChI is InChI=1S/C20H24O2.C18H15S.C14H13F9NO7S3.C10H14O.6CH4/c1-5-20(3,4)19(21)22-15(2)16-11-13-18(14-12-16)17-9-7-6-8-10-17;1-4-10-16(11-5-1)19(17-12-6-2-7-13-17)18-14-8-3-9-15-18;1-3-8(2)9-4-6-10(7-5-9)31-34(29,30)13(19,20)11(15,16)12(17,18)32(25,26)24-33(27,28)14(21,22)23;1-3-8(2)9-4-6-10(11)7-5-9;;;;;;/h6-15H,5H2,1-4H3;1-15H;4-8H,3H2,1-2H3;4-8,11H,3H2,1-2H3;6*1H4/q;+1;-1;;;;;;;. The molecule has 0 aliphatic heterocycles. The van der Waals surface area contributed by atoms with E-state index in [1.807, 2.05) is 70.2 Å². The highest BCUT2D eigenvalue weighted by atomic mass is 32.3. The predicted molar refractivity (Wildman–Crippen MR) is 356 cm³/mol. The highest BCUT2D eigenvalue weighted by molar-refractivity contribution is 8.13. The van der Waals surface area contributed by atoms with Gasteiger partial charge in [0.15, 0.2) is 34.7 Å². The number of alkyl halides is 9. The maximum atomic E-state index is 14.0. The second kappa shape index (κ2) is 37.7. The van der Waals surface area contributed by atoms with Crippen LogP contribution in [0.25, 0.3) is 15.3 Å². The molecule has 1 N–H and O–H groups in total. The van der Waals surface area contributed by atoms with E-state index in [-0.39, 0.29) is 73.4 Å². The Labute approximate surface area is 544 Å². The number of hydrogen-bond acceptors (Lipinski definition) is 10. The van der Waals surface area contributed by atoms with Gasteiger partial charge in [0.2, 0.25) is 0 Å². The molecule has 11 nitrogen and oxygen atoms in total. The van der Waals surface area contributed by atoms with Crippen molar-refractivity contribution in [3.63, 3.8) is 0 Å². The normalized spacial score (nSPS) is 12.6. The van der Waals surface area contributed by atoms with Gasteiger partial charge < -0.3 is 18.2 Å². The molecule has 0 fully saturated rings.